The minimum Gasteiger partial charge on any atom is -0.393 e. The molecule has 0 aromatic rings. The first-order valence-electron chi connectivity index (χ1n) is 13.0. The summed E-state index contributed by atoms with van der Waals surface area (Å²) in [7, 11) is 0. The lowest BCUT2D eigenvalue weighted by atomic mass is 9.47. The van der Waals surface area contributed by atoms with Crippen LogP contribution in [0.4, 0.5) is 0 Å². The molecule has 1 N–H and O–H groups in total. The molecule has 0 aromatic heterocycles. The summed E-state index contributed by atoms with van der Waals surface area (Å²) in [5.41, 5.74) is 2.31. The highest BCUT2D eigenvalue weighted by Crippen LogP contribution is 2.70. The molecule has 2 saturated heterocycles. The highest BCUT2D eigenvalue weighted by molar-refractivity contribution is 5.26. The van der Waals surface area contributed by atoms with Crippen LogP contribution in [0.15, 0.2) is 11.6 Å². The Bertz CT molecular complexity index is 736. The molecule has 0 radical (unpaired) electrons. The van der Waals surface area contributed by atoms with Gasteiger partial charge in [0.15, 0.2) is 5.79 Å². The first-order chi connectivity index (χ1) is 14.3. The van der Waals surface area contributed by atoms with Gasteiger partial charge in [-0.05, 0) is 91.8 Å². The fourth-order valence-corrected chi connectivity index (χ4v) is 9.66. The molecule has 3 nitrogen and oxygen atoms in total. The zero-order valence-corrected chi connectivity index (χ0v) is 19.5. The van der Waals surface area contributed by atoms with Crippen molar-refractivity contribution in [1.82, 2.24) is 0 Å². The van der Waals surface area contributed by atoms with E-state index < -0.39 is 0 Å². The summed E-state index contributed by atoms with van der Waals surface area (Å²) >= 11 is 0. The highest BCUT2D eigenvalue weighted by Gasteiger charge is 2.68. The van der Waals surface area contributed by atoms with Crippen LogP contribution in [0.25, 0.3) is 0 Å². The van der Waals surface area contributed by atoms with Gasteiger partial charge in [0.05, 0.1) is 18.8 Å². The van der Waals surface area contributed by atoms with Crippen molar-refractivity contribution in [2.45, 2.75) is 103 Å². The fraction of sp³-hybridized carbons (Fsp3) is 0.926. The number of rotatable bonds is 0. The summed E-state index contributed by atoms with van der Waals surface area (Å²) < 4.78 is 13.3. The topological polar surface area (TPSA) is 38.7 Å². The molecule has 168 valence electrons. The zero-order valence-electron chi connectivity index (χ0n) is 19.5. The second-order valence-corrected chi connectivity index (χ2v) is 12.7. The van der Waals surface area contributed by atoms with Crippen molar-refractivity contribution < 1.29 is 14.6 Å². The van der Waals surface area contributed by atoms with E-state index in [4.69, 9.17) is 9.47 Å². The molecule has 1 spiro atoms. The monoisotopic (exact) mass is 414 g/mol. The van der Waals surface area contributed by atoms with Crippen molar-refractivity contribution in [1.29, 1.82) is 0 Å². The average Bonchev–Trinajstić information content (AvgIpc) is 3.16. The van der Waals surface area contributed by atoms with E-state index in [9.17, 15) is 5.11 Å². The Kier molecular flexibility index (Phi) is 4.44. The minimum atomic E-state index is -0.294. The maximum Gasteiger partial charge on any atom is 0.171 e. The Balaban J connectivity index is 1.28. The molecule has 2 heterocycles. The van der Waals surface area contributed by atoms with Gasteiger partial charge in [0.25, 0.3) is 0 Å². The molecular weight excluding hydrogens is 372 g/mol. The van der Waals surface area contributed by atoms with Crippen LogP contribution in [0.1, 0.15) is 85.5 Å². The third-order valence-corrected chi connectivity index (χ3v) is 11.3. The van der Waals surface area contributed by atoms with Gasteiger partial charge in [-0.1, -0.05) is 39.3 Å². The van der Waals surface area contributed by atoms with Gasteiger partial charge in [0, 0.05) is 12.3 Å². The largest absolute Gasteiger partial charge is 0.393 e. The number of aliphatic hydroxyl groups excluding tert-OH is 1. The molecule has 11 atom stereocenters. The maximum absolute atomic E-state index is 10.3. The molecule has 6 rings (SSSR count). The van der Waals surface area contributed by atoms with E-state index in [-0.39, 0.29) is 11.9 Å². The molecule has 10 unspecified atom stereocenters. The quantitative estimate of drug-likeness (QED) is 0.516. The normalized spacial score (nSPS) is 59.8. The van der Waals surface area contributed by atoms with E-state index in [1.54, 1.807) is 5.57 Å². The molecule has 6 aliphatic rings. The van der Waals surface area contributed by atoms with Crippen LogP contribution in [0, 0.1) is 46.3 Å². The van der Waals surface area contributed by atoms with Crippen LogP contribution in [-0.2, 0) is 9.47 Å². The zero-order chi connectivity index (χ0) is 20.9. The number of hydrogen-bond acceptors (Lipinski definition) is 3. The van der Waals surface area contributed by atoms with Gasteiger partial charge in [-0.15, -0.1) is 0 Å². The lowest BCUT2D eigenvalue weighted by molar-refractivity contribution is -0.272. The number of hydrogen-bond donors (Lipinski definition) is 1. The molecule has 5 fully saturated rings. The lowest BCUT2D eigenvalue weighted by Crippen LogP contribution is -2.52. The van der Waals surface area contributed by atoms with Gasteiger partial charge in [0.1, 0.15) is 0 Å². The third kappa shape index (κ3) is 2.55. The van der Waals surface area contributed by atoms with E-state index in [1.807, 2.05) is 0 Å². The van der Waals surface area contributed by atoms with Crippen LogP contribution in [0.2, 0.25) is 0 Å². The standard InChI is InChI=1S/C27H42O3/c1-16-7-12-27(29-15-16)17(2)24-23(30-27)14-22-20-6-5-18-13-19(28)8-10-25(18,3)21(20)9-11-26(22,24)4/h5,16-17,19-24,28H,6-15H2,1-4H3/t16?,17?,19-,20?,21?,22?,23?,24?,25?,26?,27?/m0/s1. The van der Waals surface area contributed by atoms with Crippen molar-refractivity contribution >= 4 is 0 Å². The Morgan fingerprint density at radius 2 is 1.87 bits per heavy atom. The van der Waals surface area contributed by atoms with Crippen LogP contribution >= 0.6 is 0 Å². The summed E-state index contributed by atoms with van der Waals surface area (Å²) in [5.74, 6) is 3.94. The van der Waals surface area contributed by atoms with Crippen molar-refractivity contribution in [2.24, 2.45) is 46.3 Å². The Labute approximate surface area is 183 Å². The summed E-state index contributed by atoms with van der Waals surface area (Å²) in [5, 5.41) is 10.3. The van der Waals surface area contributed by atoms with Crippen molar-refractivity contribution in [3.05, 3.63) is 11.6 Å². The van der Waals surface area contributed by atoms with E-state index in [1.165, 1.54) is 38.5 Å². The number of ether oxygens (including phenoxy) is 2. The van der Waals surface area contributed by atoms with Gasteiger partial charge in [0.2, 0.25) is 0 Å². The maximum atomic E-state index is 10.3. The second kappa shape index (κ2) is 6.58. The average molecular weight is 415 g/mol. The first-order valence-corrected chi connectivity index (χ1v) is 13.0. The number of fused-ring (bicyclic) bond motifs is 7. The molecule has 3 heteroatoms. The van der Waals surface area contributed by atoms with Gasteiger partial charge in [-0.2, -0.15) is 0 Å². The highest BCUT2D eigenvalue weighted by atomic mass is 16.7. The second-order valence-electron chi connectivity index (χ2n) is 12.7. The summed E-state index contributed by atoms with van der Waals surface area (Å²) in [4.78, 5) is 0. The third-order valence-electron chi connectivity index (χ3n) is 11.3. The van der Waals surface area contributed by atoms with Gasteiger partial charge in [-0.3, -0.25) is 0 Å². The van der Waals surface area contributed by atoms with E-state index in [0.717, 1.165) is 43.6 Å². The van der Waals surface area contributed by atoms with E-state index >= 15 is 0 Å². The Morgan fingerprint density at radius 3 is 2.63 bits per heavy atom. The smallest absolute Gasteiger partial charge is 0.171 e. The predicted octanol–water partition coefficient (Wildman–Crippen LogP) is 5.71. The van der Waals surface area contributed by atoms with E-state index in [0.29, 0.717) is 34.7 Å². The molecule has 30 heavy (non-hydrogen) atoms. The Hall–Kier alpha value is -0.380. The fourth-order valence-electron chi connectivity index (χ4n) is 9.66. The van der Waals surface area contributed by atoms with Crippen LogP contribution in [-0.4, -0.2) is 29.7 Å². The molecule has 0 amide bonds. The predicted molar refractivity (Wildman–Crippen MR) is 118 cm³/mol. The van der Waals surface area contributed by atoms with Crippen molar-refractivity contribution in [3.63, 3.8) is 0 Å². The van der Waals surface area contributed by atoms with Gasteiger partial charge in [-0.25, -0.2) is 0 Å². The lowest BCUT2D eigenvalue weighted by Gasteiger charge is -2.58. The van der Waals surface area contributed by atoms with Crippen LogP contribution < -0.4 is 0 Å². The van der Waals surface area contributed by atoms with Crippen molar-refractivity contribution in [2.75, 3.05) is 6.61 Å². The molecule has 0 aromatic carbocycles. The first kappa shape index (κ1) is 20.2. The van der Waals surface area contributed by atoms with Crippen molar-refractivity contribution in [3.8, 4) is 0 Å². The molecule has 3 saturated carbocycles. The SMILES string of the molecule is CC1CCC2(OC1)OC1CC3C4CC=C5C[C@@H](O)CCC5(C)C4CCC3(C)C1C2C. The number of aliphatic hydroxyl groups is 1. The summed E-state index contributed by atoms with van der Waals surface area (Å²) in [6.45, 7) is 10.8. The summed E-state index contributed by atoms with van der Waals surface area (Å²) in [6.07, 6.45) is 13.5. The summed E-state index contributed by atoms with van der Waals surface area (Å²) in [6, 6.07) is 0. The number of allylic oxidation sites excluding steroid dienone is 1. The Morgan fingerprint density at radius 1 is 1.03 bits per heavy atom. The molecule has 4 aliphatic carbocycles. The van der Waals surface area contributed by atoms with Gasteiger partial charge >= 0.3 is 0 Å². The van der Waals surface area contributed by atoms with Crippen LogP contribution in [0.5, 0.6) is 0 Å². The van der Waals surface area contributed by atoms with Gasteiger partial charge < -0.3 is 14.6 Å². The van der Waals surface area contributed by atoms with Crippen LogP contribution in [0.3, 0.4) is 0 Å². The molecular formula is C27H42O3. The van der Waals surface area contributed by atoms with E-state index in [2.05, 4.69) is 33.8 Å². The molecule has 0 bridgehead atoms. The minimum absolute atomic E-state index is 0.107. The molecule has 2 aliphatic heterocycles.